The Balaban J connectivity index is 1.41. The zero-order valence-corrected chi connectivity index (χ0v) is 28.0. The first-order valence-electron chi connectivity index (χ1n) is 16.1. The highest BCUT2D eigenvalue weighted by atomic mass is 35.5. The van der Waals surface area contributed by atoms with Crippen molar-refractivity contribution in [2.45, 2.75) is 55.6 Å². The molecule has 11 heteroatoms. The molecule has 1 heterocycles. The van der Waals surface area contributed by atoms with Crippen LogP contribution in [0.4, 0.5) is 5.69 Å². The Hall–Kier alpha value is -4.54. The maximum absolute atomic E-state index is 14.7. The molecule has 48 heavy (non-hydrogen) atoms. The number of hydrogen-bond acceptors (Lipinski definition) is 6. The van der Waals surface area contributed by atoms with Crippen LogP contribution in [0.15, 0.2) is 108 Å². The van der Waals surface area contributed by atoms with Crippen LogP contribution in [0.1, 0.15) is 36.8 Å². The fraction of sp³-hybridized carbons (Fsp3) is 0.297. The molecule has 4 aromatic carbocycles. The van der Waals surface area contributed by atoms with Crippen molar-refractivity contribution in [3.05, 3.63) is 119 Å². The van der Waals surface area contributed by atoms with Crippen molar-refractivity contribution in [3.63, 3.8) is 0 Å². The van der Waals surface area contributed by atoms with Gasteiger partial charge in [0.25, 0.3) is 10.0 Å². The molecule has 9 nitrogen and oxygen atoms in total. The summed E-state index contributed by atoms with van der Waals surface area (Å²) in [6.07, 6.45) is 4.04. The highest BCUT2D eigenvalue weighted by Crippen LogP contribution is 2.36. The van der Waals surface area contributed by atoms with Crippen LogP contribution < -0.4 is 19.1 Å². The summed E-state index contributed by atoms with van der Waals surface area (Å²) in [6.45, 7) is 0.154. The van der Waals surface area contributed by atoms with E-state index >= 15 is 0 Å². The maximum atomic E-state index is 14.7. The molecule has 1 fully saturated rings. The van der Waals surface area contributed by atoms with Gasteiger partial charge in [-0.1, -0.05) is 85.1 Å². The van der Waals surface area contributed by atoms with Gasteiger partial charge in [-0.2, -0.15) is 0 Å². The standard InChI is InChI=1S/C37H38ClN3O6S/c38-29-13-9-12-28(22-29)25-40(33(23-27-10-3-1-4-11-27)37(43)39-30-14-7-8-15-30)36(42)26-41(48(44,45)32-16-5-2-6-17-32)31-18-19-34-35(24-31)47-21-20-46-34/h1-6,9-13,16-19,22,24,30,33H,7-8,14-15,20-21,23,25-26H2,(H,39,43)/t33-/m1/s1. The summed E-state index contributed by atoms with van der Waals surface area (Å²) >= 11 is 6.35. The van der Waals surface area contributed by atoms with E-state index in [0.717, 1.165) is 35.6 Å². The number of amides is 2. The number of benzene rings is 4. The Morgan fingerprint density at radius 2 is 1.48 bits per heavy atom. The molecule has 250 valence electrons. The van der Waals surface area contributed by atoms with Crippen LogP contribution in [0.25, 0.3) is 0 Å². The van der Waals surface area contributed by atoms with Crippen LogP contribution in [0.3, 0.4) is 0 Å². The lowest BCUT2D eigenvalue weighted by Gasteiger charge is -2.34. The molecule has 1 N–H and O–H groups in total. The minimum absolute atomic E-state index is 0.0200. The Labute approximate surface area is 286 Å². The van der Waals surface area contributed by atoms with Crippen molar-refractivity contribution >= 4 is 39.1 Å². The molecule has 1 aliphatic heterocycles. The Bertz CT molecular complexity index is 1830. The number of fused-ring (bicyclic) bond motifs is 1. The maximum Gasteiger partial charge on any atom is 0.264 e. The number of sulfonamides is 1. The summed E-state index contributed by atoms with van der Waals surface area (Å²) in [4.78, 5) is 30.4. The number of carbonyl (C=O) groups excluding carboxylic acids is 2. The second-order valence-electron chi connectivity index (χ2n) is 12.0. The third-order valence-corrected chi connectivity index (χ3v) is 10.7. The molecule has 2 amide bonds. The topological polar surface area (TPSA) is 105 Å². The monoisotopic (exact) mass is 687 g/mol. The van der Waals surface area contributed by atoms with E-state index in [4.69, 9.17) is 21.1 Å². The zero-order chi connectivity index (χ0) is 33.5. The molecule has 1 aliphatic carbocycles. The summed E-state index contributed by atoms with van der Waals surface area (Å²) in [5, 5.41) is 3.67. The number of rotatable bonds is 12. The van der Waals surface area contributed by atoms with Gasteiger partial charge in [0.1, 0.15) is 25.8 Å². The zero-order valence-electron chi connectivity index (χ0n) is 26.5. The third kappa shape index (κ3) is 7.94. The summed E-state index contributed by atoms with van der Waals surface area (Å²) in [6, 6.07) is 28.5. The molecule has 1 saturated carbocycles. The highest BCUT2D eigenvalue weighted by Gasteiger charge is 2.36. The molecule has 0 radical (unpaired) electrons. The van der Waals surface area contributed by atoms with Gasteiger partial charge < -0.3 is 19.7 Å². The molecule has 0 saturated heterocycles. The number of anilines is 1. The van der Waals surface area contributed by atoms with Gasteiger partial charge in [-0.25, -0.2) is 8.42 Å². The molecular weight excluding hydrogens is 650 g/mol. The van der Waals surface area contributed by atoms with Crippen LogP contribution >= 0.6 is 11.6 Å². The van der Waals surface area contributed by atoms with E-state index in [1.165, 1.54) is 17.0 Å². The first-order valence-corrected chi connectivity index (χ1v) is 18.0. The smallest absolute Gasteiger partial charge is 0.264 e. The van der Waals surface area contributed by atoms with Gasteiger partial charge in [-0.15, -0.1) is 0 Å². The van der Waals surface area contributed by atoms with E-state index in [9.17, 15) is 18.0 Å². The number of halogens is 1. The van der Waals surface area contributed by atoms with E-state index in [-0.39, 0.29) is 35.5 Å². The van der Waals surface area contributed by atoms with E-state index < -0.39 is 28.5 Å². The molecule has 0 spiro atoms. The Kier molecular flexibility index (Phi) is 10.5. The number of ether oxygens (including phenoxy) is 2. The minimum Gasteiger partial charge on any atom is -0.486 e. The van der Waals surface area contributed by atoms with E-state index in [1.807, 2.05) is 36.4 Å². The molecule has 0 bridgehead atoms. The van der Waals surface area contributed by atoms with Crippen molar-refractivity contribution in [2.24, 2.45) is 0 Å². The van der Waals surface area contributed by atoms with Gasteiger partial charge in [0.05, 0.1) is 10.6 Å². The second-order valence-corrected chi connectivity index (χ2v) is 14.3. The van der Waals surface area contributed by atoms with Crippen molar-refractivity contribution in [3.8, 4) is 11.5 Å². The van der Waals surface area contributed by atoms with Crippen LogP contribution in [-0.4, -0.2) is 57.0 Å². The van der Waals surface area contributed by atoms with E-state index in [1.54, 1.807) is 54.6 Å². The highest BCUT2D eigenvalue weighted by molar-refractivity contribution is 7.92. The normalized spacial score (nSPS) is 15.0. The number of nitrogens with one attached hydrogen (secondary N) is 1. The average Bonchev–Trinajstić information content (AvgIpc) is 3.62. The second kappa shape index (κ2) is 15.1. The lowest BCUT2D eigenvalue weighted by molar-refractivity contribution is -0.140. The summed E-state index contributed by atoms with van der Waals surface area (Å²) in [5.74, 6) is 0.0421. The lowest BCUT2D eigenvalue weighted by atomic mass is 10.0. The quantitative estimate of drug-likeness (QED) is 0.196. The van der Waals surface area contributed by atoms with Crippen LogP contribution in [0.5, 0.6) is 11.5 Å². The molecule has 2 aliphatic rings. The molecular formula is C37H38ClN3O6S. The average molecular weight is 688 g/mol. The van der Waals surface area contributed by atoms with Gasteiger partial charge in [0.15, 0.2) is 11.5 Å². The summed E-state index contributed by atoms with van der Waals surface area (Å²) < 4.78 is 41.1. The molecule has 1 atom stereocenters. The molecule has 0 aromatic heterocycles. The van der Waals surface area contributed by atoms with Gasteiger partial charge in [-0.3, -0.25) is 13.9 Å². The lowest BCUT2D eigenvalue weighted by Crippen LogP contribution is -2.54. The van der Waals surface area contributed by atoms with Crippen molar-refractivity contribution in [2.75, 3.05) is 24.1 Å². The number of nitrogens with zero attached hydrogens (tertiary/aromatic N) is 2. The third-order valence-electron chi connectivity index (χ3n) is 8.64. The molecule has 6 rings (SSSR count). The minimum atomic E-state index is -4.24. The van der Waals surface area contributed by atoms with Gasteiger partial charge in [-0.05, 0) is 60.4 Å². The summed E-state index contributed by atoms with van der Waals surface area (Å²) in [5.41, 5.74) is 1.81. The fourth-order valence-corrected chi connectivity index (χ4v) is 7.83. The van der Waals surface area contributed by atoms with Crippen molar-refractivity contribution in [1.82, 2.24) is 10.2 Å². The Morgan fingerprint density at radius 1 is 0.812 bits per heavy atom. The SMILES string of the molecule is O=C(NC1CCCC1)[C@@H](Cc1ccccc1)N(Cc1cccc(Cl)c1)C(=O)CN(c1ccc2c(c1)OCCO2)S(=O)(=O)c1ccccc1. The van der Waals surface area contributed by atoms with E-state index in [0.29, 0.717) is 35.3 Å². The van der Waals surface area contributed by atoms with Gasteiger partial charge >= 0.3 is 0 Å². The van der Waals surface area contributed by atoms with Crippen molar-refractivity contribution < 1.29 is 27.5 Å². The molecule has 4 aromatic rings. The first kappa shape index (κ1) is 33.4. The van der Waals surface area contributed by atoms with E-state index in [2.05, 4.69) is 5.32 Å². The van der Waals surface area contributed by atoms with Crippen LogP contribution in [0, 0.1) is 0 Å². The molecule has 0 unspecified atom stereocenters. The summed E-state index contributed by atoms with van der Waals surface area (Å²) in [7, 11) is -4.24. The van der Waals surface area contributed by atoms with Crippen LogP contribution in [-0.2, 0) is 32.6 Å². The largest absolute Gasteiger partial charge is 0.486 e. The van der Waals surface area contributed by atoms with Gasteiger partial charge in [0, 0.05) is 30.1 Å². The first-order chi connectivity index (χ1) is 23.3. The van der Waals surface area contributed by atoms with Crippen LogP contribution in [0.2, 0.25) is 5.02 Å². The predicted molar refractivity (Wildman–Crippen MR) is 185 cm³/mol. The van der Waals surface area contributed by atoms with Crippen molar-refractivity contribution in [1.29, 1.82) is 0 Å². The fourth-order valence-electron chi connectivity index (χ4n) is 6.19. The predicted octanol–water partition coefficient (Wildman–Crippen LogP) is 6.01. The number of carbonyl (C=O) groups is 2. The van der Waals surface area contributed by atoms with Gasteiger partial charge in [0.2, 0.25) is 11.8 Å². The number of hydrogen-bond donors (Lipinski definition) is 1. The Morgan fingerprint density at radius 3 is 2.19 bits per heavy atom.